The minimum absolute atomic E-state index is 0.104. The lowest BCUT2D eigenvalue weighted by atomic mass is 10.3. The van der Waals surface area contributed by atoms with E-state index in [1.807, 2.05) is 26.0 Å². The van der Waals surface area contributed by atoms with Crippen LogP contribution in [0.25, 0.3) is 0 Å². The van der Waals surface area contributed by atoms with E-state index >= 15 is 0 Å². The normalized spacial score (nSPS) is 14.9. The number of amidine groups is 1. The Labute approximate surface area is 128 Å². The molecule has 1 aliphatic rings. The molecule has 0 aliphatic carbocycles. The van der Waals surface area contributed by atoms with Crippen molar-refractivity contribution in [3.05, 3.63) is 54.5 Å². The molecule has 0 fully saturated rings. The van der Waals surface area contributed by atoms with Crippen LogP contribution in [-0.2, 0) is 0 Å². The number of anilines is 1. The van der Waals surface area contributed by atoms with Gasteiger partial charge in [0, 0.05) is 12.4 Å². The second kappa shape index (κ2) is 5.80. The van der Waals surface area contributed by atoms with Crippen LogP contribution in [0.5, 0.6) is 0 Å². The largest absolute Gasteiger partial charge is 0.367 e. The van der Waals surface area contributed by atoms with Gasteiger partial charge in [-0.15, -0.1) is 10.5 Å². The number of carbonyl (C=O) groups is 1. The number of hydrazone groups is 1. The molecule has 22 heavy (non-hydrogen) atoms. The molecule has 7 nitrogen and oxygen atoms in total. The topological polar surface area (TPSA) is 75.8 Å². The van der Waals surface area contributed by atoms with Crippen molar-refractivity contribution in [2.24, 2.45) is 5.10 Å². The molecule has 111 valence electrons. The zero-order valence-corrected chi connectivity index (χ0v) is 12.3. The Hall–Kier alpha value is -2.96. The van der Waals surface area contributed by atoms with E-state index in [0.717, 1.165) is 0 Å². The molecule has 0 atom stereocenters. The summed E-state index contributed by atoms with van der Waals surface area (Å²) in [6, 6.07) is 10.3. The summed E-state index contributed by atoms with van der Waals surface area (Å²) in [6.07, 6.45) is 3.28. The van der Waals surface area contributed by atoms with Crippen LogP contribution in [0.4, 0.5) is 10.6 Å². The molecule has 2 amide bonds. The molecule has 3 rings (SSSR count). The number of carbonyl (C=O) groups excluding carboxylic acids is 1. The molecular formula is C15H15N6O. The van der Waals surface area contributed by atoms with Crippen LogP contribution in [0.3, 0.4) is 0 Å². The number of hydrogen-bond donors (Lipinski definition) is 0. The highest BCUT2D eigenvalue weighted by Crippen LogP contribution is 2.18. The Morgan fingerprint density at radius 3 is 2.32 bits per heavy atom. The van der Waals surface area contributed by atoms with Crippen LogP contribution < -0.4 is 10.4 Å². The predicted octanol–water partition coefficient (Wildman–Crippen LogP) is 2.01. The number of nitrogens with zero attached hydrogens (tertiary/aromatic N) is 6. The summed E-state index contributed by atoms with van der Waals surface area (Å²) in [4.78, 5) is 21.0. The van der Waals surface area contributed by atoms with E-state index in [9.17, 15) is 4.79 Å². The fourth-order valence-corrected chi connectivity index (χ4v) is 1.96. The van der Waals surface area contributed by atoms with E-state index in [0.29, 0.717) is 17.3 Å². The van der Waals surface area contributed by atoms with Gasteiger partial charge in [-0.25, -0.2) is 14.8 Å². The third kappa shape index (κ3) is 2.60. The van der Waals surface area contributed by atoms with E-state index in [4.69, 9.17) is 0 Å². The highest BCUT2D eigenvalue weighted by Gasteiger charge is 2.33. The lowest BCUT2D eigenvalue weighted by Crippen LogP contribution is -2.54. The maximum atomic E-state index is 12.5. The van der Waals surface area contributed by atoms with E-state index in [1.54, 1.807) is 36.7 Å². The van der Waals surface area contributed by atoms with Gasteiger partial charge >= 0.3 is 6.03 Å². The summed E-state index contributed by atoms with van der Waals surface area (Å²) in [5.74, 6) is 0.820. The van der Waals surface area contributed by atoms with Crippen molar-refractivity contribution >= 4 is 17.7 Å². The molecule has 0 saturated heterocycles. The first kappa shape index (κ1) is 14.0. The van der Waals surface area contributed by atoms with Crippen LogP contribution in [0.15, 0.2) is 53.9 Å². The van der Waals surface area contributed by atoms with E-state index in [1.165, 1.54) is 10.0 Å². The summed E-state index contributed by atoms with van der Waals surface area (Å²) in [5.41, 5.74) is 4.90. The van der Waals surface area contributed by atoms with Gasteiger partial charge in [-0.1, -0.05) is 12.1 Å². The fourth-order valence-electron chi connectivity index (χ4n) is 1.96. The Bertz CT molecular complexity index is 686. The van der Waals surface area contributed by atoms with Gasteiger partial charge in [-0.2, -0.15) is 5.01 Å². The molecule has 3 heterocycles. The molecule has 7 heteroatoms. The summed E-state index contributed by atoms with van der Waals surface area (Å²) >= 11 is 0. The molecule has 0 unspecified atom stereocenters. The average molecular weight is 295 g/mol. The van der Waals surface area contributed by atoms with E-state index in [-0.39, 0.29) is 12.1 Å². The molecule has 0 saturated carbocycles. The third-order valence-electron chi connectivity index (χ3n) is 3.02. The van der Waals surface area contributed by atoms with Gasteiger partial charge < -0.3 is 0 Å². The van der Waals surface area contributed by atoms with Crippen LogP contribution in [0, 0.1) is 0 Å². The van der Waals surface area contributed by atoms with Gasteiger partial charge in [0.05, 0.1) is 6.04 Å². The molecule has 1 radical (unpaired) electrons. The summed E-state index contributed by atoms with van der Waals surface area (Å²) in [5, 5.41) is 6.94. The number of amides is 2. The smallest absolute Gasteiger partial charge is 0.253 e. The van der Waals surface area contributed by atoms with Gasteiger partial charge in [0.2, 0.25) is 5.84 Å². The molecule has 0 spiro atoms. The van der Waals surface area contributed by atoms with Crippen molar-refractivity contribution in [3.8, 4) is 0 Å². The predicted molar refractivity (Wildman–Crippen MR) is 82.0 cm³/mol. The maximum absolute atomic E-state index is 12.5. The minimum Gasteiger partial charge on any atom is -0.253 e. The van der Waals surface area contributed by atoms with Crippen molar-refractivity contribution in [2.45, 2.75) is 19.9 Å². The summed E-state index contributed by atoms with van der Waals surface area (Å²) in [6.45, 7) is 3.78. The first-order chi connectivity index (χ1) is 10.7. The Balaban J connectivity index is 2.01. The van der Waals surface area contributed by atoms with Crippen LogP contribution in [-0.4, -0.2) is 32.9 Å². The van der Waals surface area contributed by atoms with Crippen LogP contribution in [0.1, 0.15) is 19.5 Å². The van der Waals surface area contributed by atoms with Crippen LogP contribution in [0.2, 0.25) is 0 Å². The molecule has 2 aromatic heterocycles. The van der Waals surface area contributed by atoms with Gasteiger partial charge in [0.25, 0.3) is 0 Å². The molecule has 0 aromatic carbocycles. The van der Waals surface area contributed by atoms with Crippen molar-refractivity contribution < 1.29 is 4.79 Å². The second-order valence-corrected chi connectivity index (χ2v) is 4.96. The number of hydrogen-bond acceptors (Lipinski definition) is 4. The van der Waals surface area contributed by atoms with Gasteiger partial charge in [0.1, 0.15) is 5.69 Å². The van der Waals surface area contributed by atoms with Gasteiger partial charge in [0.15, 0.2) is 5.82 Å². The van der Waals surface area contributed by atoms with Crippen molar-refractivity contribution in [1.82, 2.24) is 20.4 Å². The highest BCUT2D eigenvalue weighted by molar-refractivity contribution is 6.05. The highest BCUT2D eigenvalue weighted by atomic mass is 16.2. The quantitative estimate of drug-likeness (QED) is 0.869. The number of urea groups is 1. The maximum Gasteiger partial charge on any atom is 0.367 e. The molecule has 1 aliphatic heterocycles. The average Bonchev–Trinajstić information content (AvgIpc) is 2.56. The fraction of sp³-hybridized carbons (Fsp3) is 0.200. The monoisotopic (exact) mass is 295 g/mol. The lowest BCUT2D eigenvalue weighted by Gasteiger charge is -2.32. The zero-order chi connectivity index (χ0) is 15.5. The zero-order valence-electron chi connectivity index (χ0n) is 12.3. The number of rotatable bonds is 3. The SMILES string of the molecule is CC(C)N1N=C(c2ccccn2)[N]N(c2ccccn2)C1=O. The van der Waals surface area contributed by atoms with Crippen molar-refractivity contribution in [3.63, 3.8) is 0 Å². The van der Waals surface area contributed by atoms with Gasteiger partial charge in [-0.3, -0.25) is 4.98 Å². The van der Waals surface area contributed by atoms with E-state index in [2.05, 4.69) is 20.5 Å². The second-order valence-electron chi connectivity index (χ2n) is 4.96. The van der Waals surface area contributed by atoms with E-state index < -0.39 is 0 Å². The molecule has 0 N–H and O–H groups in total. The molecular weight excluding hydrogens is 280 g/mol. The summed E-state index contributed by atoms with van der Waals surface area (Å²) in [7, 11) is 0. The van der Waals surface area contributed by atoms with Crippen molar-refractivity contribution in [1.29, 1.82) is 0 Å². The Kier molecular flexibility index (Phi) is 3.69. The summed E-state index contributed by atoms with van der Waals surface area (Å²) < 4.78 is 0. The Morgan fingerprint density at radius 1 is 1.00 bits per heavy atom. The number of pyridine rings is 2. The van der Waals surface area contributed by atoms with Gasteiger partial charge in [-0.05, 0) is 38.1 Å². The van der Waals surface area contributed by atoms with Crippen molar-refractivity contribution in [2.75, 3.05) is 5.01 Å². The minimum atomic E-state index is -0.339. The first-order valence-corrected chi connectivity index (χ1v) is 6.93. The standard InChI is InChI=1S/C15H15N6O/c1-11(2)20-15(22)21(13-8-4-6-10-17-13)19-14(18-20)12-7-3-5-9-16-12/h3-11H,1-2H3. The number of aromatic nitrogens is 2. The lowest BCUT2D eigenvalue weighted by molar-refractivity contribution is 0.186. The van der Waals surface area contributed by atoms with Crippen LogP contribution >= 0.6 is 0 Å². The molecule has 0 bridgehead atoms. The first-order valence-electron chi connectivity index (χ1n) is 6.93. The Morgan fingerprint density at radius 2 is 1.73 bits per heavy atom. The third-order valence-corrected chi connectivity index (χ3v) is 3.02. The molecule has 2 aromatic rings.